The number of imidazole rings is 1. The molecule has 0 aliphatic rings. The Morgan fingerprint density at radius 1 is 1.33 bits per heavy atom. The number of rotatable bonds is 3. The van der Waals surface area contributed by atoms with Crippen LogP contribution in [0.5, 0.6) is 5.75 Å². The largest absolute Gasteiger partial charge is 0.495 e. The molecule has 1 aromatic carbocycles. The number of fused-ring (bicyclic) bond motifs is 1. The van der Waals surface area contributed by atoms with Crippen molar-refractivity contribution in [3.05, 3.63) is 56.9 Å². The summed E-state index contributed by atoms with van der Waals surface area (Å²) in [6.07, 6.45) is 1.88. The molecule has 0 aliphatic carbocycles. The monoisotopic (exact) mass is 407 g/mol. The summed E-state index contributed by atoms with van der Waals surface area (Å²) in [5.41, 5.74) is 3.45. The molecule has 1 amide bonds. The lowest BCUT2D eigenvalue weighted by atomic mass is 10.2. The van der Waals surface area contributed by atoms with Crippen LogP contribution in [0.15, 0.2) is 34.9 Å². The van der Waals surface area contributed by atoms with Crippen LogP contribution in [0.1, 0.15) is 21.7 Å². The molecule has 24 heavy (non-hydrogen) atoms. The van der Waals surface area contributed by atoms with Crippen LogP contribution in [0.3, 0.4) is 0 Å². The minimum absolute atomic E-state index is 0.251. The number of halogens is 2. The van der Waals surface area contributed by atoms with Gasteiger partial charge in [-0.05, 0) is 59.6 Å². The Hall–Kier alpha value is -2.05. The fraction of sp³-hybridized carbons (Fsp3) is 0.176. The summed E-state index contributed by atoms with van der Waals surface area (Å²) in [5.74, 6) is 0.305. The van der Waals surface area contributed by atoms with Gasteiger partial charge in [-0.2, -0.15) is 0 Å². The van der Waals surface area contributed by atoms with Gasteiger partial charge in [0.05, 0.1) is 22.3 Å². The van der Waals surface area contributed by atoms with Gasteiger partial charge in [0.15, 0.2) is 5.65 Å². The van der Waals surface area contributed by atoms with E-state index in [0.29, 0.717) is 33.5 Å². The molecule has 2 heterocycles. The van der Waals surface area contributed by atoms with Crippen molar-refractivity contribution in [1.82, 2.24) is 9.38 Å². The third kappa shape index (κ3) is 2.99. The number of amides is 1. The molecule has 3 rings (SSSR count). The van der Waals surface area contributed by atoms with Crippen molar-refractivity contribution in [2.45, 2.75) is 13.8 Å². The third-order valence-electron chi connectivity index (χ3n) is 3.61. The van der Waals surface area contributed by atoms with Gasteiger partial charge in [-0.1, -0.05) is 11.6 Å². The standard InChI is InChI=1S/C17H15BrClN3O2/c1-9-6-12(18)16-20-10(2)15(22(16)8-9)17(23)21-11-4-5-14(24-3)13(19)7-11/h4-8H,1-3H3,(H,21,23). The number of carbonyl (C=O) groups is 1. The fourth-order valence-electron chi connectivity index (χ4n) is 2.55. The lowest BCUT2D eigenvalue weighted by Crippen LogP contribution is -2.15. The smallest absolute Gasteiger partial charge is 0.274 e. The zero-order valence-corrected chi connectivity index (χ0v) is 15.7. The molecular weight excluding hydrogens is 394 g/mol. The maximum absolute atomic E-state index is 12.7. The van der Waals surface area contributed by atoms with Gasteiger partial charge < -0.3 is 10.1 Å². The number of nitrogens with zero attached hydrogens (tertiary/aromatic N) is 2. The van der Waals surface area contributed by atoms with Gasteiger partial charge in [0.2, 0.25) is 0 Å². The van der Waals surface area contributed by atoms with Crippen LogP contribution in [-0.4, -0.2) is 22.4 Å². The molecule has 2 aromatic heterocycles. The summed E-state index contributed by atoms with van der Waals surface area (Å²) >= 11 is 9.60. The minimum Gasteiger partial charge on any atom is -0.495 e. The van der Waals surface area contributed by atoms with Crippen LogP contribution in [0, 0.1) is 13.8 Å². The van der Waals surface area contributed by atoms with Crippen molar-refractivity contribution in [3.8, 4) is 5.75 Å². The molecule has 0 saturated carbocycles. The number of benzene rings is 1. The van der Waals surface area contributed by atoms with E-state index in [1.807, 2.05) is 26.1 Å². The molecule has 0 bridgehead atoms. The molecule has 0 unspecified atom stereocenters. The molecule has 124 valence electrons. The Kier molecular flexibility index (Phi) is 4.51. The normalized spacial score (nSPS) is 10.9. The highest BCUT2D eigenvalue weighted by Gasteiger charge is 2.18. The van der Waals surface area contributed by atoms with Crippen molar-refractivity contribution in [2.24, 2.45) is 0 Å². The number of hydrogen-bond donors (Lipinski definition) is 1. The molecule has 0 saturated heterocycles. The molecule has 7 heteroatoms. The lowest BCUT2D eigenvalue weighted by molar-refractivity contribution is 0.102. The number of methoxy groups -OCH3 is 1. The van der Waals surface area contributed by atoms with Crippen LogP contribution in [0.2, 0.25) is 5.02 Å². The van der Waals surface area contributed by atoms with E-state index in [4.69, 9.17) is 16.3 Å². The first-order valence-corrected chi connectivity index (χ1v) is 8.37. The highest BCUT2D eigenvalue weighted by molar-refractivity contribution is 9.10. The predicted octanol–water partition coefficient (Wildman–Crippen LogP) is 4.63. The van der Waals surface area contributed by atoms with Crippen LogP contribution >= 0.6 is 27.5 Å². The van der Waals surface area contributed by atoms with Crippen LogP contribution in [0.25, 0.3) is 5.65 Å². The predicted molar refractivity (Wildman–Crippen MR) is 98.3 cm³/mol. The number of ether oxygens (including phenoxy) is 1. The second kappa shape index (κ2) is 6.45. The topological polar surface area (TPSA) is 55.6 Å². The van der Waals surface area contributed by atoms with Crippen LogP contribution in [0.4, 0.5) is 5.69 Å². The Balaban J connectivity index is 2.00. The number of aryl methyl sites for hydroxylation is 2. The summed E-state index contributed by atoms with van der Waals surface area (Å²) in [6.45, 7) is 3.77. The Morgan fingerprint density at radius 2 is 2.08 bits per heavy atom. The zero-order valence-electron chi connectivity index (χ0n) is 13.4. The Labute approximate surface area is 152 Å². The summed E-state index contributed by atoms with van der Waals surface area (Å²) in [5, 5.41) is 3.29. The molecule has 0 aliphatic heterocycles. The summed E-state index contributed by atoms with van der Waals surface area (Å²) in [4.78, 5) is 17.2. The third-order valence-corrected chi connectivity index (χ3v) is 4.49. The van der Waals surface area contributed by atoms with Gasteiger partial charge in [0.1, 0.15) is 11.4 Å². The molecule has 1 N–H and O–H groups in total. The minimum atomic E-state index is -0.251. The Bertz CT molecular complexity index is 953. The average Bonchev–Trinajstić information content (AvgIpc) is 2.84. The van der Waals surface area contributed by atoms with E-state index in [-0.39, 0.29) is 5.91 Å². The van der Waals surface area contributed by atoms with E-state index in [2.05, 4.69) is 26.2 Å². The molecule has 0 spiro atoms. The van der Waals surface area contributed by atoms with Crippen LogP contribution < -0.4 is 10.1 Å². The van der Waals surface area contributed by atoms with Gasteiger partial charge in [-0.3, -0.25) is 9.20 Å². The first-order valence-electron chi connectivity index (χ1n) is 7.20. The highest BCUT2D eigenvalue weighted by atomic mass is 79.9. The summed E-state index contributed by atoms with van der Waals surface area (Å²) < 4.78 is 7.75. The van der Waals surface area contributed by atoms with Crippen molar-refractivity contribution in [1.29, 1.82) is 0 Å². The van der Waals surface area contributed by atoms with Crippen molar-refractivity contribution < 1.29 is 9.53 Å². The number of pyridine rings is 1. The van der Waals surface area contributed by atoms with Crippen LogP contribution in [-0.2, 0) is 0 Å². The summed E-state index contributed by atoms with van der Waals surface area (Å²) in [7, 11) is 1.54. The number of aromatic nitrogens is 2. The number of nitrogens with one attached hydrogen (secondary N) is 1. The Morgan fingerprint density at radius 3 is 2.75 bits per heavy atom. The second-order valence-corrected chi connectivity index (χ2v) is 6.67. The number of carbonyl (C=O) groups excluding carboxylic acids is 1. The second-order valence-electron chi connectivity index (χ2n) is 5.41. The maximum atomic E-state index is 12.7. The van der Waals surface area contributed by atoms with E-state index in [1.54, 1.807) is 29.7 Å². The van der Waals surface area contributed by atoms with Gasteiger partial charge in [-0.15, -0.1) is 0 Å². The van der Waals surface area contributed by atoms with Gasteiger partial charge >= 0.3 is 0 Å². The fourth-order valence-corrected chi connectivity index (χ4v) is 3.45. The molecule has 5 nitrogen and oxygen atoms in total. The first-order chi connectivity index (χ1) is 11.4. The zero-order chi connectivity index (χ0) is 17.4. The van der Waals surface area contributed by atoms with Crippen molar-refractivity contribution in [2.75, 3.05) is 12.4 Å². The number of anilines is 1. The highest BCUT2D eigenvalue weighted by Crippen LogP contribution is 2.28. The van der Waals surface area contributed by atoms with Gasteiger partial charge in [0, 0.05) is 11.9 Å². The van der Waals surface area contributed by atoms with E-state index in [0.717, 1.165) is 10.0 Å². The van der Waals surface area contributed by atoms with Crippen molar-refractivity contribution in [3.63, 3.8) is 0 Å². The van der Waals surface area contributed by atoms with Crippen molar-refractivity contribution >= 4 is 44.8 Å². The van der Waals surface area contributed by atoms with E-state index in [1.165, 1.54) is 0 Å². The first kappa shape index (κ1) is 16.8. The molecule has 0 radical (unpaired) electrons. The quantitative estimate of drug-likeness (QED) is 0.687. The van der Waals surface area contributed by atoms with E-state index >= 15 is 0 Å². The SMILES string of the molecule is COc1ccc(NC(=O)c2c(C)nc3c(Br)cc(C)cn23)cc1Cl. The lowest BCUT2D eigenvalue weighted by Gasteiger charge is -2.09. The van der Waals surface area contributed by atoms with E-state index < -0.39 is 0 Å². The molecule has 0 atom stereocenters. The molecular formula is C17H15BrClN3O2. The molecule has 0 fully saturated rings. The summed E-state index contributed by atoms with van der Waals surface area (Å²) in [6, 6.07) is 7.06. The van der Waals surface area contributed by atoms with Gasteiger partial charge in [-0.25, -0.2) is 4.98 Å². The molecule has 3 aromatic rings. The number of hydrogen-bond acceptors (Lipinski definition) is 3. The van der Waals surface area contributed by atoms with E-state index in [9.17, 15) is 4.79 Å². The van der Waals surface area contributed by atoms with Gasteiger partial charge in [0.25, 0.3) is 5.91 Å². The maximum Gasteiger partial charge on any atom is 0.274 e. The average molecular weight is 409 g/mol.